The smallest absolute Gasteiger partial charge is 0.224 e. The second-order valence-corrected chi connectivity index (χ2v) is 9.29. The molecule has 0 radical (unpaired) electrons. The maximum Gasteiger partial charge on any atom is 0.224 e. The van der Waals surface area contributed by atoms with Crippen LogP contribution in [0.2, 0.25) is 0 Å². The lowest BCUT2D eigenvalue weighted by molar-refractivity contribution is -0.119. The van der Waals surface area contributed by atoms with Crippen LogP contribution < -0.4 is 11.5 Å². The van der Waals surface area contributed by atoms with Gasteiger partial charge in [0.2, 0.25) is 5.91 Å². The van der Waals surface area contributed by atoms with Crippen molar-refractivity contribution in [2.75, 3.05) is 5.73 Å². The molecule has 172 valence electrons. The van der Waals surface area contributed by atoms with Crippen molar-refractivity contribution in [1.82, 2.24) is 14.5 Å². The molecule has 0 aliphatic heterocycles. The number of rotatable bonds is 10. The van der Waals surface area contributed by atoms with E-state index in [-0.39, 0.29) is 11.8 Å². The van der Waals surface area contributed by atoms with Gasteiger partial charge >= 0.3 is 0 Å². The van der Waals surface area contributed by atoms with E-state index in [4.69, 9.17) is 11.5 Å². The second kappa shape index (κ2) is 10.0. The van der Waals surface area contributed by atoms with E-state index in [1.54, 1.807) is 0 Å². The predicted molar refractivity (Wildman–Crippen MR) is 135 cm³/mol. The van der Waals surface area contributed by atoms with Gasteiger partial charge in [-0.15, -0.1) is 0 Å². The minimum Gasteiger partial charge on any atom is -0.382 e. The van der Waals surface area contributed by atoms with Crippen molar-refractivity contribution in [2.24, 2.45) is 11.7 Å². The first-order valence-electron chi connectivity index (χ1n) is 11.8. The van der Waals surface area contributed by atoms with Gasteiger partial charge in [0, 0.05) is 11.9 Å². The SMILES string of the molecule is CC(C)Cc1ccc(C(CCCCCn2cnc3c(N)nc4ccccc4c32)C(N)=O)cc1. The molecule has 4 aromatic rings. The van der Waals surface area contributed by atoms with Crippen molar-refractivity contribution in [3.63, 3.8) is 0 Å². The average molecular weight is 444 g/mol. The zero-order valence-electron chi connectivity index (χ0n) is 19.5. The molecule has 6 nitrogen and oxygen atoms in total. The average Bonchev–Trinajstić information content (AvgIpc) is 3.21. The Bertz CT molecular complexity index is 1240. The number of carbonyl (C=O) groups excluding carboxylic acids is 1. The van der Waals surface area contributed by atoms with Crippen molar-refractivity contribution in [1.29, 1.82) is 0 Å². The van der Waals surface area contributed by atoms with Crippen LogP contribution in [0.25, 0.3) is 21.9 Å². The van der Waals surface area contributed by atoms with E-state index >= 15 is 0 Å². The van der Waals surface area contributed by atoms with Gasteiger partial charge in [-0.1, -0.05) is 69.2 Å². The maximum absolute atomic E-state index is 12.1. The van der Waals surface area contributed by atoms with Gasteiger partial charge in [0.05, 0.1) is 23.3 Å². The van der Waals surface area contributed by atoms with Crippen LogP contribution in [0.4, 0.5) is 5.82 Å². The number of aromatic nitrogens is 3. The summed E-state index contributed by atoms with van der Waals surface area (Å²) in [6, 6.07) is 16.4. The maximum atomic E-state index is 12.1. The van der Waals surface area contributed by atoms with Crippen LogP contribution >= 0.6 is 0 Å². The lowest BCUT2D eigenvalue weighted by atomic mass is 9.91. The first kappa shape index (κ1) is 22.8. The van der Waals surface area contributed by atoms with Gasteiger partial charge in [0.1, 0.15) is 5.52 Å². The van der Waals surface area contributed by atoms with Gasteiger partial charge in [0.25, 0.3) is 0 Å². The molecule has 0 aliphatic carbocycles. The Kier molecular flexibility index (Phi) is 6.92. The monoisotopic (exact) mass is 443 g/mol. The Labute approximate surface area is 195 Å². The number of benzene rings is 2. The van der Waals surface area contributed by atoms with Crippen LogP contribution in [-0.4, -0.2) is 20.4 Å². The number of nitrogens with zero attached hydrogens (tertiary/aromatic N) is 3. The molecule has 1 amide bonds. The lowest BCUT2D eigenvalue weighted by Gasteiger charge is -2.15. The summed E-state index contributed by atoms with van der Waals surface area (Å²) in [6.07, 6.45) is 6.59. The number of nitrogens with two attached hydrogens (primary N) is 2. The molecular weight excluding hydrogens is 410 g/mol. The number of carbonyl (C=O) groups is 1. The van der Waals surface area contributed by atoms with Crippen LogP contribution in [0.1, 0.15) is 56.6 Å². The van der Waals surface area contributed by atoms with Crippen LogP contribution in [0, 0.1) is 5.92 Å². The fourth-order valence-corrected chi connectivity index (χ4v) is 4.61. The van der Waals surface area contributed by atoms with Gasteiger partial charge in [-0.2, -0.15) is 0 Å². The molecule has 0 spiro atoms. The van der Waals surface area contributed by atoms with Crippen molar-refractivity contribution in [3.8, 4) is 0 Å². The summed E-state index contributed by atoms with van der Waals surface area (Å²) in [7, 11) is 0. The molecule has 0 bridgehead atoms. The van der Waals surface area contributed by atoms with E-state index in [1.807, 2.05) is 24.5 Å². The van der Waals surface area contributed by atoms with Gasteiger partial charge < -0.3 is 16.0 Å². The van der Waals surface area contributed by atoms with Crippen LogP contribution in [0.3, 0.4) is 0 Å². The van der Waals surface area contributed by atoms with Gasteiger partial charge in [0.15, 0.2) is 5.82 Å². The molecule has 0 saturated carbocycles. The zero-order valence-corrected chi connectivity index (χ0v) is 19.5. The summed E-state index contributed by atoms with van der Waals surface area (Å²) >= 11 is 0. The summed E-state index contributed by atoms with van der Waals surface area (Å²) in [5.41, 5.74) is 16.9. The largest absolute Gasteiger partial charge is 0.382 e. The fourth-order valence-electron chi connectivity index (χ4n) is 4.61. The number of para-hydroxylation sites is 1. The number of imidazole rings is 1. The molecule has 4 N–H and O–H groups in total. The number of primary amides is 1. The summed E-state index contributed by atoms with van der Waals surface area (Å²) in [6.45, 7) is 5.26. The van der Waals surface area contributed by atoms with Gasteiger partial charge in [-0.3, -0.25) is 4.79 Å². The summed E-state index contributed by atoms with van der Waals surface area (Å²) in [5, 5.41) is 1.06. The number of aryl methyl sites for hydroxylation is 1. The normalized spacial score (nSPS) is 12.6. The van der Waals surface area contributed by atoms with E-state index in [0.29, 0.717) is 11.7 Å². The molecular formula is C27H33N5O. The summed E-state index contributed by atoms with van der Waals surface area (Å²) in [5.74, 6) is 0.593. The lowest BCUT2D eigenvalue weighted by Crippen LogP contribution is -2.21. The third-order valence-electron chi connectivity index (χ3n) is 6.24. The standard InChI is InChI=1S/C27H33N5O/c1-18(2)16-19-11-13-20(14-12-19)21(27(29)33)8-4-3-7-15-32-17-30-24-25(32)22-9-5-6-10-23(22)31-26(24)28/h5-6,9-14,17-18,21H,3-4,7-8,15-16H2,1-2H3,(H2,28,31)(H2,29,33). The first-order valence-corrected chi connectivity index (χ1v) is 11.8. The van der Waals surface area contributed by atoms with E-state index in [0.717, 1.165) is 66.1 Å². The highest BCUT2D eigenvalue weighted by Gasteiger charge is 2.18. The number of unbranched alkanes of at least 4 members (excludes halogenated alkanes) is 2. The third kappa shape index (κ3) is 5.16. The molecule has 2 heterocycles. The fraction of sp³-hybridized carbons (Fsp3) is 0.370. The first-order chi connectivity index (χ1) is 15.9. The van der Waals surface area contributed by atoms with Crippen LogP contribution in [0.15, 0.2) is 54.9 Å². The molecule has 1 unspecified atom stereocenters. The predicted octanol–water partition coefficient (Wildman–Crippen LogP) is 5.19. The number of nitrogen functional groups attached to an aromatic ring is 1. The Hall–Kier alpha value is -3.41. The van der Waals surface area contributed by atoms with E-state index < -0.39 is 0 Å². The molecule has 1 atom stereocenters. The highest BCUT2D eigenvalue weighted by molar-refractivity contribution is 6.06. The molecule has 2 aromatic carbocycles. The highest BCUT2D eigenvalue weighted by Crippen LogP contribution is 2.28. The van der Waals surface area contributed by atoms with Gasteiger partial charge in [-0.05, 0) is 42.4 Å². The topological polar surface area (TPSA) is 99.8 Å². The summed E-state index contributed by atoms with van der Waals surface area (Å²) < 4.78 is 2.16. The van der Waals surface area contributed by atoms with Crippen LogP contribution in [-0.2, 0) is 17.8 Å². The molecule has 6 heteroatoms. The zero-order chi connectivity index (χ0) is 23.4. The number of amides is 1. The number of fused-ring (bicyclic) bond motifs is 3. The Balaban J connectivity index is 1.37. The molecule has 2 aromatic heterocycles. The Morgan fingerprint density at radius 2 is 1.79 bits per heavy atom. The van der Waals surface area contributed by atoms with Gasteiger partial charge in [-0.25, -0.2) is 9.97 Å². The Morgan fingerprint density at radius 3 is 2.52 bits per heavy atom. The second-order valence-electron chi connectivity index (χ2n) is 9.29. The number of pyridine rings is 1. The number of hydrogen-bond donors (Lipinski definition) is 2. The number of hydrogen-bond acceptors (Lipinski definition) is 4. The van der Waals surface area contributed by atoms with Crippen molar-refractivity contribution in [2.45, 2.75) is 58.4 Å². The van der Waals surface area contributed by atoms with Crippen molar-refractivity contribution < 1.29 is 4.79 Å². The quantitative estimate of drug-likeness (QED) is 0.329. The van der Waals surface area contributed by atoms with E-state index in [9.17, 15) is 4.79 Å². The van der Waals surface area contributed by atoms with Crippen molar-refractivity contribution in [3.05, 3.63) is 66.0 Å². The third-order valence-corrected chi connectivity index (χ3v) is 6.24. The summed E-state index contributed by atoms with van der Waals surface area (Å²) in [4.78, 5) is 21.1. The minimum absolute atomic E-state index is 0.234. The molecule has 0 fully saturated rings. The molecule has 4 rings (SSSR count). The van der Waals surface area contributed by atoms with E-state index in [1.165, 1.54) is 5.56 Å². The highest BCUT2D eigenvalue weighted by atomic mass is 16.1. The minimum atomic E-state index is -0.248. The van der Waals surface area contributed by atoms with Crippen LogP contribution in [0.5, 0.6) is 0 Å². The molecule has 0 aliphatic rings. The Morgan fingerprint density at radius 1 is 1.03 bits per heavy atom. The number of anilines is 1. The van der Waals surface area contributed by atoms with Crippen molar-refractivity contribution >= 4 is 33.7 Å². The van der Waals surface area contributed by atoms with E-state index in [2.05, 4.69) is 58.7 Å². The molecule has 0 saturated heterocycles. The molecule has 33 heavy (non-hydrogen) atoms.